The second-order valence-corrected chi connectivity index (χ2v) is 5.92. The van der Waals surface area contributed by atoms with Gasteiger partial charge in [-0.25, -0.2) is 9.67 Å². The predicted molar refractivity (Wildman–Crippen MR) is 82.1 cm³/mol. The zero-order chi connectivity index (χ0) is 14.5. The van der Waals surface area contributed by atoms with Crippen molar-refractivity contribution in [3.05, 3.63) is 46.0 Å². The van der Waals surface area contributed by atoms with Crippen molar-refractivity contribution in [2.24, 2.45) is 5.92 Å². The van der Waals surface area contributed by atoms with E-state index in [0.717, 1.165) is 17.9 Å². The molecule has 0 saturated carbocycles. The molecule has 0 saturated heterocycles. The molecule has 0 amide bonds. The fourth-order valence-corrected chi connectivity index (χ4v) is 2.16. The lowest BCUT2D eigenvalue weighted by Crippen LogP contribution is -2.22. The maximum absolute atomic E-state index is 6.02. The van der Waals surface area contributed by atoms with Crippen molar-refractivity contribution < 1.29 is 0 Å². The van der Waals surface area contributed by atoms with Crippen molar-refractivity contribution in [2.75, 3.05) is 6.54 Å². The van der Waals surface area contributed by atoms with Crippen LogP contribution in [0.1, 0.15) is 25.2 Å². The Balaban J connectivity index is 2.02. The Morgan fingerprint density at radius 3 is 2.75 bits per heavy atom. The minimum atomic E-state index is 0.559. The molecule has 0 fully saturated rings. The Kier molecular flexibility index (Phi) is 5.40. The van der Waals surface area contributed by atoms with Gasteiger partial charge in [-0.3, -0.25) is 0 Å². The lowest BCUT2D eigenvalue weighted by Gasteiger charge is -2.09. The summed E-state index contributed by atoms with van der Waals surface area (Å²) in [6, 6.07) is 5.60. The van der Waals surface area contributed by atoms with Gasteiger partial charge in [0.2, 0.25) is 0 Å². The third-order valence-electron chi connectivity index (χ3n) is 2.85. The molecule has 1 N–H and O–H groups in total. The van der Waals surface area contributed by atoms with Gasteiger partial charge in [0.05, 0.1) is 23.1 Å². The van der Waals surface area contributed by atoms with Crippen LogP contribution in [0.3, 0.4) is 0 Å². The van der Waals surface area contributed by atoms with Crippen molar-refractivity contribution in [3.63, 3.8) is 0 Å². The van der Waals surface area contributed by atoms with Crippen molar-refractivity contribution in [1.82, 2.24) is 20.1 Å². The zero-order valence-electron chi connectivity index (χ0n) is 11.6. The molecule has 0 aliphatic heterocycles. The molecular weight excluding hydrogens is 295 g/mol. The van der Waals surface area contributed by atoms with Crippen LogP contribution < -0.4 is 5.32 Å². The van der Waals surface area contributed by atoms with E-state index in [1.54, 1.807) is 12.4 Å². The Morgan fingerprint density at radius 2 is 2.05 bits per heavy atom. The molecular formula is C14H18Cl2N4. The molecule has 1 aromatic carbocycles. The average molecular weight is 313 g/mol. The van der Waals surface area contributed by atoms with Crippen LogP contribution in [0.5, 0.6) is 0 Å². The Bertz CT molecular complexity index is 566. The quantitative estimate of drug-likeness (QED) is 0.889. The molecule has 20 heavy (non-hydrogen) atoms. The maximum atomic E-state index is 6.02. The Morgan fingerprint density at radius 1 is 1.25 bits per heavy atom. The number of hydrogen-bond donors (Lipinski definition) is 1. The van der Waals surface area contributed by atoms with E-state index < -0.39 is 0 Å². The molecule has 0 radical (unpaired) electrons. The van der Waals surface area contributed by atoms with E-state index in [0.29, 0.717) is 29.1 Å². The third-order valence-corrected chi connectivity index (χ3v) is 3.59. The van der Waals surface area contributed by atoms with Crippen molar-refractivity contribution in [3.8, 4) is 0 Å². The van der Waals surface area contributed by atoms with E-state index in [-0.39, 0.29) is 0 Å². The molecule has 1 aromatic heterocycles. The molecule has 0 bridgehead atoms. The summed E-state index contributed by atoms with van der Waals surface area (Å²) in [5.74, 6) is 1.53. The summed E-state index contributed by atoms with van der Waals surface area (Å²) in [5, 5.41) is 8.74. The number of nitrogens with zero attached hydrogens (tertiary/aromatic N) is 3. The van der Waals surface area contributed by atoms with Gasteiger partial charge in [0, 0.05) is 0 Å². The number of rotatable bonds is 6. The first-order valence-electron chi connectivity index (χ1n) is 6.57. The third kappa shape index (κ3) is 4.20. The summed E-state index contributed by atoms with van der Waals surface area (Å²) < 4.78 is 1.87. The van der Waals surface area contributed by atoms with Gasteiger partial charge in [-0.1, -0.05) is 43.1 Å². The van der Waals surface area contributed by atoms with E-state index in [9.17, 15) is 0 Å². The minimum absolute atomic E-state index is 0.559. The molecule has 0 atom stereocenters. The molecule has 0 spiro atoms. The van der Waals surface area contributed by atoms with Crippen molar-refractivity contribution >= 4 is 23.2 Å². The largest absolute Gasteiger partial charge is 0.310 e. The van der Waals surface area contributed by atoms with Gasteiger partial charge in [0.1, 0.15) is 12.2 Å². The fourth-order valence-electron chi connectivity index (χ4n) is 1.84. The molecule has 0 aliphatic carbocycles. The second-order valence-electron chi connectivity index (χ2n) is 5.11. The van der Waals surface area contributed by atoms with Crippen LogP contribution in [0, 0.1) is 5.92 Å². The van der Waals surface area contributed by atoms with Gasteiger partial charge in [-0.15, -0.1) is 0 Å². The SMILES string of the molecule is CC(C)CNCc1ncnn1Cc1ccc(Cl)c(Cl)c1. The van der Waals surface area contributed by atoms with Gasteiger partial charge >= 0.3 is 0 Å². The topological polar surface area (TPSA) is 42.7 Å². The fraction of sp³-hybridized carbons (Fsp3) is 0.429. The number of halogens is 2. The van der Waals surface area contributed by atoms with Crippen LogP contribution >= 0.6 is 23.2 Å². The Labute approximate surface area is 129 Å². The van der Waals surface area contributed by atoms with Gasteiger partial charge in [-0.05, 0) is 30.2 Å². The van der Waals surface area contributed by atoms with Crippen LogP contribution in [-0.2, 0) is 13.1 Å². The highest BCUT2D eigenvalue weighted by atomic mass is 35.5. The van der Waals surface area contributed by atoms with Crippen molar-refractivity contribution in [2.45, 2.75) is 26.9 Å². The summed E-state index contributed by atoms with van der Waals surface area (Å²) >= 11 is 11.9. The molecule has 108 valence electrons. The summed E-state index contributed by atoms with van der Waals surface area (Å²) in [6.45, 7) is 6.65. The minimum Gasteiger partial charge on any atom is -0.310 e. The molecule has 0 aliphatic rings. The maximum Gasteiger partial charge on any atom is 0.141 e. The second kappa shape index (κ2) is 7.07. The molecule has 4 nitrogen and oxygen atoms in total. The number of aromatic nitrogens is 3. The van der Waals surface area contributed by atoms with E-state index in [2.05, 4.69) is 29.2 Å². The molecule has 1 heterocycles. The summed E-state index contributed by atoms with van der Waals surface area (Å²) in [4.78, 5) is 4.28. The Hall–Kier alpha value is -1.10. The van der Waals surface area contributed by atoms with E-state index in [1.165, 1.54) is 0 Å². The number of benzene rings is 1. The van der Waals surface area contributed by atoms with Gasteiger partial charge in [-0.2, -0.15) is 5.10 Å². The predicted octanol–water partition coefficient (Wildman–Crippen LogP) is 3.38. The first-order chi connectivity index (χ1) is 9.56. The average Bonchev–Trinajstić information content (AvgIpc) is 2.81. The van der Waals surface area contributed by atoms with Crippen LogP contribution in [-0.4, -0.2) is 21.3 Å². The van der Waals surface area contributed by atoms with E-state index in [1.807, 2.05) is 16.8 Å². The van der Waals surface area contributed by atoms with Gasteiger partial charge in [0.15, 0.2) is 0 Å². The molecule has 0 unspecified atom stereocenters. The van der Waals surface area contributed by atoms with Crippen LogP contribution in [0.4, 0.5) is 0 Å². The first kappa shape index (κ1) is 15.3. The zero-order valence-corrected chi connectivity index (χ0v) is 13.1. The van der Waals surface area contributed by atoms with E-state index in [4.69, 9.17) is 23.2 Å². The smallest absolute Gasteiger partial charge is 0.141 e. The monoisotopic (exact) mass is 312 g/mol. The first-order valence-corrected chi connectivity index (χ1v) is 7.33. The van der Waals surface area contributed by atoms with Crippen LogP contribution in [0.25, 0.3) is 0 Å². The summed E-state index contributed by atoms with van der Waals surface area (Å²) in [7, 11) is 0. The number of nitrogens with one attached hydrogen (secondary N) is 1. The highest BCUT2D eigenvalue weighted by Gasteiger charge is 2.06. The normalized spacial score (nSPS) is 11.2. The number of hydrogen-bond acceptors (Lipinski definition) is 3. The van der Waals surface area contributed by atoms with Gasteiger partial charge in [0.25, 0.3) is 0 Å². The standard InChI is InChI=1S/C14H18Cl2N4/c1-10(2)6-17-7-14-18-9-19-20(14)8-11-3-4-12(15)13(16)5-11/h3-5,9-10,17H,6-8H2,1-2H3. The summed E-state index contributed by atoms with van der Waals surface area (Å²) in [5.41, 5.74) is 1.05. The molecule has 6 heteroatoms. The highest BCUT2D eigenvalue weighted by molar-refractivity contribution is 6.42. The van der Waals surface area contributed by atoms with Crippen LogP contribution in [0.2, 0.25) is 10.0 Å². The lowest BCUT2D eigenvalue weighted by molar-refractivity contribution is 0.523. The van der Waals surface area contributed by atoms with Gasteiger partial charge < -0.3 is 5.32 Å². The molecule has 2 rings (SSSR count). The molecule has 2 aromatic rings. The van der Waals surface area contributed by atoms with Crippen molar-refractivity contribution in [1.29, 1.82) is 0 Å². The summed E-state index contributed by atoms with van der Waals surface area (Å²) in [6.07, 6.45) is 1.57. The lowest BCUT2D eigenvalue weighted by atomic mass is 10.2. The highest BCUT2D eigenvalue weighted by Crippen LogP contribution is 2.22. The van der Waals surface area contributed by atoms with Crippen LogP contribution in [0.15, 0.2) is 24.5 Å². The van der Waals surface area contributed by atoms with E-state index >= 15 is 0 Å².